The van der Waals surface area contributed by atoms with Crippen LogP contribution in [0.1, 0.15) is 29.5 Å². The van der Waals surface area contributed by atoms with Gasteiger partial charge in [-0.3, -0.25) is 4.79 Å². The number of hydrogen-bond donors (Lipinski definition) is 0. The molecule has 0 bridgehead atoms. The van der Waals surface area contributed by atoms with Crippen LogP contribution in [0.3, 0.4) is 0 Å². The summed E-state index contributed by atoms with van der Waals surface area (Å²) in [5.41, 5.74) is 1.83. The fourth-order valence-electron chi connectivity index (χ4n) is 1.76. The molecule has 0 aliphatic heterocycles. The average molecular weight is 196 g/mol. The molecule has 1 aromatic rings. The number of ketones is 1. The molecule has 74 valence electrons. The zero-order valence-electron chi connectivity index (χ0n) is 7.59. The number of Topliss-reactive ketones (excluding diaryl/α,β-unsaturated/α-hetero) is 1. The van der Waals surface area contributed by atoms with Crippen LogP contribution in [-0.4, -0.2) is 5.78 Å². The maximum atomic E-state index is 12.3. The first-order valence-corrected chi connectivity index (χ1v) is 4.58. The summed E-state index contributed by atoms with van der Waals surface area (Å²) in [7, 11) is 0. The van der Waals surface area contributed by atoms with E-state index in [2.05, 4.69) is 0 Å². The Morgan fingerprint density at radius 1 is 1.14 bits per heavy atom. The van der Waals surface area contributed by atoms with Gasteiger partial charge in [0.1, 0.15) is 5.78 Å². The fraction of sp³-hybridized carbons (Fsp3) is 0.364. The summed E-state index contributed by atoms with van der Waals surface area (Å²) in [6, 6.07) is 4.61. The van der Waals surface area contributed by atoms with Gasteiger partial charge in [0.2, 0.25) is 0 Å². The Morgan fingerprint density at radius 2 is 1.93 bits per heavy atom. The van der Waals surface area contributed by atoms with E-state index in [4.69, 9.17) is 0 Å². The highest BCUT2D eigenvalue weighted by Crippen LogP contribution is 2.25. The first-order chi connectivity index (χ1) is 6.66. The van der Waals surface area contributed by atoms with Crippen LogP contribution in [0.2, 0.25) is 0 Å². The van der Waals surface area contributed by atoms with E-state index in [0.717, 1.165) is 11.1 Å². The number of benzene rings is 1. The van der Waals surface area contributed by atoms with E-state index in [-0.39, 0.29) is 11.3 Å². The average Bonchev–Trinajstić information content (AvgIpc) is 2.16. The van der Waals surface area contributed by atoms with Crippen LogP contribution >= 0.6 is 0 Å². The predicted octanol–water partition coefficient (Wildman–Crippen LogP) is 2.68. The molecule has 0 unspecified atom stereocenters. The predicted molar refractivity (Wildman–Crippen MR) is 48.4 cm³/mol. The number of carbonyl (C=O) groups is 1. The Morgan fingerprint density at radius 3 is 2.64 bits per heavy atom. The van der Waals surface area contributed by atoms with E-state index < -0.39 is 6.43 Å². The molecule has 0 saturated carbocycles. The van der Waals surface area contributed by atoms with E-state index in [1.807, 2.05) is 0 Å². The number of aryl methyl sites for hydroxylation is 1. The lowest BCUT2D eigenvalue weighted by Gasteiger charge is -2.15. The fourth-order valence-corrected chi connectivity index (χ4v) is 1.76. The summed E-state index contributed by atoms with van der Waals surface area (Å²) in [4.78, 5) is 11.1. The minimum absolute atomic E-state index is 0.0125. The largest absolute Gasteiger partial charge is 0.299 e. The third-order valence-electron chi connectivity index (χ3n) is 2.54. The molecule has 0 spiro atoms. The van der Waals surface area contributed by atoms with Gasteiger partial charge >= 0.3 is 0 Å². The zero-order valence-corrected chi connectivity index (χ0v) is 7.59. The van der Waals surface area contributed by atoms with Gasteiger partial charge in [-0.1, -0.05) is 12.1 Å². The molecule has 0 aromatic heterocycles. The Balaban J connectivity index is 2.37. The van der Waals surface area contributed by atoms with E-state index >= 15 is 0 Å². The second-order valence-corrected chi connectivity index (χ2v) is 3.54. The van der Waals surface area contributed by atoms with Crippen molar-refractivity contribution in [3.05, 3.63) is 34.9 Å². The number of hydrogen-bond acceptors (Lipinski definition) is 1. The molecule has 3 heteroatoms. The highest BCUT2D eigenvalue weighted by Gasteiger charge is 2.17. The summed E-state index contributed by atoms with van der Waals surface area (Å²) in [5, 5.41) is 0. The lowest BCUT2D eigenvalue weighted by molar-refractivity contribution is -0.118. The van der Waals surface area contributed by atoms with Gasteiger partial charge in [0, 0.05) is 18.4 Å². The van der Waals surface area contributed by atoms with Crippen LogP contribution < -0.4 is 0 Å². The lowest BCUT2D eigenvalue weighted by atomic mass is 9.90. The summed E-state index contributed by atoms with van der Waals surface area (Å²) in [6.07, 6.45) is -0.897. The topological polar surface area (TPSA) is 17.1 Å². The van der Waals surface area contributed by atoms with E-state index in [1.54, 1.807) is 6.07 Å². The molecule has 0 fully saturated rings. The minimum Gasteiger partial charge on any atom is -0.299 e. The molecular formula is C11H10F2O. The number of carbonyl (C=O) groups excluding carboxylic acids is 1. The number of halogens is 2. The van der Waals surface area contributed by atoms with Crippen LogP contribution in [0, 0.1) is 0 Å². The summed E-state index contributed by atoms with van der Waals surface area (Å²) in [6.45, 7) is 0. The van der Waals surface area contributed by atoms with Gasteiger partial charge in [0.15, 0.2) is 0 Å². The van der Waals surface area contributed by atoms with Crippen LogP contribution in [0.25, 0.3) is 0 Å². The first-order valence-electron chi connectivity index (χ1n) is 4.58. The molecule has 1 aliphatic carbocycles. The highest BCUT2D eigenvalue weighted by molar-refractivity contribution is 5.83. The SMILES string of the molecule is O=C1CCc2ccc(C(F)F)cc2C1. The van der Waals surface area contributed by atoms with Crippen molar-refractivity contribution < 1.29 is 13.6 Å². The van der Waals surface area contributed by atoms with Crippen molar-refractivity contribution in [2.45, 2.75) is 25.7 Å². The monoisotopic (exact) mass is 196 g/mol. The van der Waals surface area contributed by atoms with Crippen molar-refractivity contribution in [2.24, 2.45) is 0 Å². The third kappa shape index (κ3) is 1.67. The Bertz CT molecular complexity index is 372. The number of alkyl halides is 2. The molecule has 2 rings (SSSR count). The molecule has 0 heterocycles. The summed E-state index contributed by atoms with van der Waals surface area (Å²) < 4.78 is 24.7. The Labute approximate surface area is 80.7 Å². The van der Waals surface area contributed by atoms with E-state index in [9.17, 15) is 13.6 Å². The Hall–Kier alpha value is -1.25. The Kier molecular flexibility index (Phi) is 2.32. The molecule has 0 atom stereocenters. The zero-order chi connectivity index (χ0) is 10.1. The van der Waals surface area contributed by atoms with Gasteiger partial charge < -0.3 is 0 Å². The van der Waals surface area contributed by atoms with Gasteiger partial charge in [-0.25, -0.2) is 8.78 Å². The molecule has 1 aromatic carbocycles. The molecule has 1 aliphatic rings. The van der Waals surface area contributed by atoms with E-state index in [1.165, 1.54) is 12.1 Å². The van der Waals surface area contributed by atoms with Crippen molar-refractivity contribution in [1.82, 2.24) is 0 Å². The molecule has 14 heavy (non-hydrogen) atoms. The highest BCUT2D eigenvalue weighted by atomic mass is 19.3. The first kappa shape index (κ1) is 9.31. The maximum absolute atomic E-state index is 12.3. The quantitative estimate of drug-likeness (QED) is 0.674. The summed E-state index contributed by atoms with van der Waals surface area (Å²) in [5.74, 6) is 0.143. The van der Waals surface area contributed by atoms with Crippen LogP contribution in [0.15, 0.2) is 18.2 Å². The lowest BCUT2D eigenvalue weighted by Crippen LogP contribution is -2.13. The second kappa shape index (κ2) is 3.48. The van der Waals surface area contributed by atoms with Gasteiger partial charge in [0.05, 0.1) is 0 Å². The normalized spacial score (nSPS) is 15.8. The van der Waals surface area contributed by atoms with Crippen molar-refractivity contribution in [3.63, 3.8) is 0 Å². The van der Waals surface area contributed by atoms with Crippen molar-refractivity contribution in [1.29, 1.82) is 0 Å². The standard InChI is InChI=1S/C11H10F2O/c12-11(13)8-2-1-7-3-4-10(14)6-9(7)5-8/h1-2,5,11H,3-4,6H2. The number of fused-ring (bicyclic) bond motifs is 1. The van der Waals surface area contributed by atoms with Crippen molar-refractivity contribution in [3.8, 4) is 0 Å². The van der Waals surface area contributed by atoms with Crippen molar-refractivity contribution in [2.75, 3.05) is 0 Å². The maximum Gasteiger partial charge on any atom is 0.263 e. The summed E-state index contributed by atoms with van der Waals surface area (Å²) >= 11 is 0. The van der Waals surface area contributed by atoms with Crippen LogP contribution in [-0.2, 0) is 17.6 Å². The molecule has 0 radical (unpaired) electrons. The van der Waals surface area contributed by atoms with Gasteiger partial charge in [-0.15, -0.1) is 0 Å². The van der Waals surface area contributed by atoms with Crippen LogP contribution in [0.4, 0.5) is 8.78 Å². The molecule has 1 nitrogen and oxygen atoms in total. The van der Waals surface area contributed by atoms with Gasteiger partial charge in [-0.2, -0.15) is 0 Å². The second-order valence-electron chi connectivity index (χ2n) is 3.54. The smallest absolute Gasteiger partial charge is 0.263 e. The van der Waals surface area contributed by atoms with Gasteiger partial charge in [-0.05, 0) is 23.6 Å². The number of rotatable bonds is 1. The molecule has 0 N–H and O–H groups in total. The van der Waals surface area contributed by atoms with E-state index in [0.29, 0.717) is 19.3 Å². The minimum atomic E-state index is -2.45. The van der Waals surface area contributed by atoms with Crippen molar-refractivity contribution >= 4 is 5.78 Å². The van der Waals surface area contributed by atoms with Gasteiger partial charge in [0.25, 0.3) is 6.43 Å². The molecular weight excluding hydrogens is 186 g/mol. The van der Waals surface area contributed by atoms with Crippen LogP contribution in [0.5, 0.6) is 0 Å². The molecule has 0 saturated heterocycles. The molecule has 0 amide bonds. The third-order valence-corrected chi connectivity index (χ3v) is 2.54.